The second-order valence-electron chi connectivity index (χ2n) is 5.97. The van der Waals surface area contributed by atoms with E-state index in [-0.39, 0.29) is 6.61 Å². The van der Waals surface area contributed by atoms with Crippen LogP contribution >= 0.6 is 0 Å². The fourth-order valence-electron chi connectivity index (χ4n) is 2.47. The lowest BCUT2D eigenvalue weighted by Gasteiger charge is -2.07. The van der Waals surface area contributed by atoms with Crippen molar-refractivity contribution < 1.29 is 24.4 Å². The maximum absolute atomic E-state index is 11.8. The second-order valence-corrected chi connectivity index (χ2v) is 5.97. The van der Waals surface area contributed by atoms with E-state index in [1.165, 1.54) is 6.08 Å². The molecule has 0 aromatic heterocycles. The molecule has 3 aromatic carbocycles. The maximum atomic E-state index is 11.8. The van der Waals surface area contributed by atoms with E-state index < -0.39 is 5.97 Å². The molecular weight excluding hydrogens is 356 g/mol. The number of esters is 1. The molecule has 5 heteroatoms. The highest BCUT2D eigenvalue weighted by atomic mass is 17.1. The molecule has 1 N–H and O–H groups in total. The summed E-state index contributed by atoms with van der Waals surface area (Å²) in [5.74, 6) is 1.48. The average Bonchev–Trinajstić information content (AvgIpc) is 2.73. The minimum absolute atomic E-state index is 0.258. The third-order valence-corrected chi connectivity index (χ3v) is 3.89. The molecule has 28 heavy (non-hydrogen) atoms. The van der Waals surface area contributed by atoms with Crippen LogP contribution in [-0.2, 0) is 16.1 Å². The Morgan fingerprint density at radius 2 is 1.46 bits per heavy atom. The van der Waals surface area contributed by atoms with Crippen molar-refractivity contribution in [1.82, 2.24) is 0 Å². The third kappa shape index (κ3) is 6.09. The van der Waals surface area contributed by atoms with E-state index in [1.54, 1.807) is 18.2 Å². The van der Waals surface area contributed by atoms with Crippen molar-refractivity contribution in [2.24, 2.45) is 0 Å². The summed E-state index contributed by atoms with van der Waals surface area (Å²) >= 11 is 0. The van der Waals surface area contributed by atoms with Crippen LogP contribution < -0.4 is 9.47 Å². The first-order valence-electron chi connectivity index (χ1n) is 8.81. The standard InChI is InChI=1S/C23H20O5/c24-23(28-20-4-2-1-3-5-20)15-10-18-6-11-21(12-7-18)27-22-13-8-19(9-14-22)16-17-26-25/h1-15,25H,16-17H2/b15-10+. The molecule has 5 nitrogen and oxygen atoms in total. The van der Waals surface area contributed by atoms with Crippen molar-refractivity contribution in [2.45, 2.75) is 6.42 Å². The van der Waals surface area contributed by atoms with Crippen molar-refractivity contribution in [1.29, 1.82) is 0 Å². The average molecular weight is 376 g/mol. The van der Waals surface area contributed by atoms with Gasteiger partial charge in [-0.25, -0.2) is 9.68 Å². The number of hydrogen-bond donors (Lipinski definition) is 1. The number of para-hydroxylation sites is 1. The van der Waals surface area contributed by atoms with Crippen LogP contribution in [0.25, 0.3) is 6.08 Å². The highest BCUT2D eigenvalue weighted by molar-refractivity contribution is 5.88. The van der Waals surface area contributed by atoms with Gasteiger partial charge in [0.15, 0.2) is 0 Å². The van der Waals surface area contributed by atoms with Crippen LogP contribution in [0.15, 0.2) is 84.9 Å². The highest BCUT2D eigenvalue weighted by Crippen LogP contribution is 2.22. The number of hydrogen-bond acceptors (Lipinski definition) is 5. The van der Waals surface area contributed by atoms with Crippen molar-refractivity contribution in [2.75, 3.05) is 6.61 Å². The van der Waals surface area contributed by atoms with Gasteiger partial charge in [-0.3, -0.25) is 5.26 Å². The van der Waals surface area contributed by atoms with E-state index in [4.69, 9.17) is 14.7 Å². The molecule has 0 amide bonds. The lowest BCUT2D eigenvalue weighted by molar-refractivity contribution is -0.241. The zero-order chi connectivity index (χ0) is 19.6. The summed E-state index contributed by atoms with van der Waals surface area (Å²) < 4.78 is 11.0. The van der Waals surface area contributed by atoms with E-state index >= 15 is 0 Å². The summed E-state index contributed by atoms with van der Waals surface area (Å²) in [6.45, 7) is 0.258. The smallest absolute Gasteiger partial charge is 0.336 e. The van der Waals surface area contributed by atoms with Crippen molar-refractivity contribution >= 4 is 12.0 Å². The molecule has 0 aliphatic rings. The number of benzene rings is 3. The van der Waals surface area contributed by atoms with Gasteiger partial charge in [0.25, 0.3) is 0 Å². The molecule has 0 fully saturated rings. The SMILES string of the molecule is O=C(/C=C/c1ccc(Oc2ccc(CCOO)cc2)cc1)Oc1ccccc1. The van der Waals surface area contributed by atoms with Crippen molar-refractivity contribution in [3.05, 3.63) is 96.1 Å². The fourth-order valence-corrected chi connectivity index (χ4v) is 2.47. The first kappa shape index (κ1) is 19.4. The molecule has 0 saturated heterocycles. The minimum Gasteiger partial charge on any atom is -0.457 e. The fraction of sp³-hybridized carbons (Fsp3) is 0.0870. The summed E-state index contributed by atoms with van der Waals surface area (Å²) in [6.07, 6.45) is 3.70. The zero-order valence-electron chi connectivity index (χ0n) is 15.2. The van der Waals surface area contributed by atoms with Gasteiger partial charge >= 0.3 is 5.97 Å². The second kappa shape index (κ2) is 10.1. The van der Waals surface area contributed by atoms with Gasteiger partial charge in [0.1, 0.15) is 17.2 Å². The number of carbonyl (C=O) groups is 1. The predicted octanol–water partition coefficient (Wildman–Crippen LogP) is 5.13. The Hall–Kier alpha value is -3.41. The van der Waals surface area contributed by atoms with Gasteiger partial charge in [0.2, 0.25) is 0 Å². The number of rotatable bonds is 8. The van der Waals surface area contributed by atoms with Crippen LogP contribution in [-0.4, -0.2) is 17.8 Å². The van der Waals surface area contributed by atoms with Gasteiger partial charge in [-0.1, -0.05) is 42.5 Å². The molecule has 0 unspecified atom stereocenters. The Labute approximate surface area is 163 Å². The topological polar surface area (TPSA) is 65.0 Å². The molecule has 0 heterocycles. The van der Waals surface area contributed by atoms with Gasteiger partial charge in [-0.05, 0) is 60.0 Å². The largest absolute Gasteiger partial charge is 0.457 e. The van der Waals surface area contributed by atoms with Crippen LogP contribution in [0.4, 0.5) is 0 Å². The summed E-state index contributed by atoms with van der Waals surface area (Å²) in [7, 11) is 0. The number of carbonyl (C=O) groups excluding carboxylic acids is 1. The van der Waals surface area contributed by atoms with Crippen molar-refractivity contribution in [3.8, 4) is 17.2 Å². The molecule has 0 spiro atoms. The minimum atomic E-state index is -0.432. The third-order valence-electron chi connectivity index (χ3n) is 3.89. The van der Waals surface area contributed by atoms with Crippen LogP contribution in [0.1, 0.15) is 11.1 Å². The van der Waals surface area contributed by atoms with E-state index in [0.717, 1.165) is 11.1 Å². The predicted molar refractivity (Wildman–Crippen MR) is 106 cm³/mol. The Morgan fingerprint density at radius 1 is 0.821 bits per heavy atom. The lowest BCUT2D eigenvalue weighted by Crippen LogP contribution is -2.03. The summed E-state index contributed by atoms with van der Waals surface area (Å²) in [5.41, 5.74) is 1.90. The first-order valence-corrected chi connectivity index (χ1v) is 8.81. The van der Waals surface area contributed by atoms with Crippen LogP contribution in [0.3, 0.4) is 0 Å². The molecule has 0 radical (unpaired) electrons. The Morgan fingerprint density at radius 3 is 2.11 bits per heavy atom. The highest BCUT2D eigenvalue weighted by Gasteiger charge is 2.01. The van der Waals surface area contributed by atoms with E-state index in [1.807, 2.05) is 66.7 Å². The Bertz CT molecular complexity index is 900. The van der Waals surface area contributed by atoms with Gasteiger partial charge in [0, 0.05) is 6.08 Å². The number of ether oxygens (including phenoxy) is 2. The van der Waals surface area contributed by atoms with E-state index in [2.05, 4.69) is 4.89 Å². The van der Waals surface area contributed by atoms with Crippen LogP contribution in [0, 0.1) is 0 Å². The summed E-state index contributed by atoms with van der Waals surface area (Å²) in [5, 5.41) is 8.38. The molecule has 3 aromatic rings. The molecule has 0 saturated carbocycles. The molecular formula is C23H20O5. The van der Waals surface area contributed by atoms with Crippen LogP contribution in [0.5, 0.6) is 17.2 Å². The van der Waals surface area contributed by atoms with Gasteiger partial charge in [-0.15, -0.1) is 0 Å². The molecule has 142 valence electrons. The summed E-state index contributed by atoms with van der Waals surface area (Å²) in [6, 6.07) is 23.9. The quantitative estimate of drug-likeness (QED) is 0.194. The van der Waals surface area contributed by atoms with E-state index in [9.17, 15) is 4.79 Å². The molecule has 3 rings (SSSR count). The zero-order valence-corrected chi connectivity index (χ0v) is 15.2. The Kier molecular flexibility index (Phi) is 6.95. The van der Waals surface area contributed by atoms with Crippen molar-refractivity contribution in [3.63, 3.8) is 0 Å². The maximum Gasteiger partial charge on any atom is 0.336 e. The monoisotopic (exact) mass is 376 g/mol. The first-order chi connectivity index (χ1) is 13.7. The lowest BCUT2D eigenvalue weighted by atomic mass is 10.1. The van der Waals surface area contributed by atoms with Gasteiger partial charge in [0.05, 0.1) is 6.61 Å². The summed E-state index contributed by atoms with van der Waals surface area (Å²) in [4.78, 5) is 15.9. The molecule has 0 atom stereocenters. The van der Waals surface area contributed by atoms with E-state index in [0.29, 0.717) is 23.7 Å². The molecule has 0 aliphatic heterocycles. The molecule has 0 bridgehead atoms. The van der Waals surface area contributed by atoms with Gasteiger partial charge in [-0.2, -0.15) is 0 Å². The Balaban J connectivity index is 1.53. The van der Waals surface area contributed by atoms with Gasteiger partial charge < -0.3 is 9.47 Å². The van der Waals surface area contributed by atoms with Crippen LogP contribution in [0.2, 0.25) is 0 Å². The normalized spacial score (nSPS) is 10.8. The molecule has 0 aliphatic carbocycles.